The zero-order chi connectivity index (χ0) is 16.7. The third-order valence-electron chi connectivity index (χ3n) is 4.76. The maximum absolute atomic E-state index is 12.3. The number of benzene rings is 1. The van der Waals surface area contributed by atoms with Crippen molar-refractivity contribution < 1.29 is 0 Å². The summed E-state index contributed by atoms with van der Waals surface area (Å²) in [6, 6.07) is 9.84. The minimum absolute atomic E-state index is 0.132. The Morgan fingerprint density at radius 2 is 2.25 bits per heavy atom. The van der Waals surface area contributed by atoms with E-state index in [4.69, 9.17) is 11.6 Å². The first kappa shape index (κ1) is 15.4. The van der Waals surface area contributed by atoms with Gasteiger partial charge in [-0.3, -0.25) is 9.69 Å². The smallest absolute Gasteiger partial charge is 0.258 e. The van der Waals surface area contributed by atoms with Gasteiger partial charge in [-0.05, 0) is 49.7 Å². The highest BCUT2D eigenvalue weighted by Crippen LogP contribution is 2.32. The Balaban J connectivity index is 1.65. The normalized spacial score (nSPS) is 18.5. The summed E-state index contributed by atoms with van der Waals surface area (Å²) >= 11 is 5.97. The lowest BCUT2D eigenvalue weighted by molar-refractivity contribution is 0.235. The summed E-state index contributed by atoms with van der Waals surface area (Å²) in [5.41, 5.74) is 1.86. The van der Waals surface area contributed by atoms with Crippen LogP contribution in [0.2, 0.25) is 5.02 Å². The van der Waals surface area contributed by atoms with Crippen LogP contribution in [0.15, 0.2) is 41.3 Å². The number of halogens is 1. The number of hydrogen-bond acceptors (Lipinski definition) is 3. The Kier molecular flexibility index (Phi) is 3.90. The lowest BCUT2D eigenvalue weighted by Gasteiger charge is -2.24. The van der Waals surface area contributed by atoms with Crippen LogP contribution >= 0.6 is 11.6 Å². The second-order valence-corrected chi connectivity index (χ2v) is 6.78. The van der Waals surface area contributed by atoms with Crippen LogP contribution in [-0.2, 0) is 13.6 Å². The Bertz CT molecular complexity index is 946. The molecule has 0 unspecified atom stereocenters. The van der Waals surface area contributed by atoms with Gasteiger partial charge in [0, 0.05) is 24.0 Å². The Morgan fingerprint density at radius 3 is 3.04 bits per heavy atom. The molecule has 0 amide bonds. The summed E-state index contributed by atoms with van der Waals surface area (Å²) in [6.45, 7) is 1.65. The van der Waals surface area contributed by atoms with E-state index in [-0.39, 0.29) is 5.56 Å². The van der Waals surface area contributed by atoms with Crippen molar-refractivity contribution in [3.8, 4) is 0 Å². The van der Waals surface area contributed by atoms with Gasteiger partial charge in [-0.15, -0.1) is 0 Å². The summed E-state index contributed by atoms with van der Waals surface area (Å²) in [5.74, 6) is 0.705. The lowest BCUT2D eigenvalue weighted by Crippen LogP contribution is -2.26. The van der Waals surface area contributed by atoms with E-state index in [1.54, 1.807) is 18.2 Å². The minimum atomic E-state index is -0.132. The monoisotopic (exact) mass is 342 g/mol. The third-order valence-corrected chi connectivity index (χ3v) is 4.99. The van der Waals surface area contributed by atoms with Gasteiger partial charge in [0.1, 0.15) is 5.82 Å². The largest absolute Gasteiger partial charge is 0.353 e. The Morgan fingerprint density at radius 1 is 1.38 bits per heavy atom. The van der Waals surface area contributed by atoms with Gasteiger partial charge in [0.2, 0.25) is 0 Å². The SMILES string of the molecule is Cn1cccc1[C@@H]1CCCN1Cc1nc2ccc(Cl)cc2c(=O)[nH]1. The number of likely N-dealkylation sites (tertiary alicyclic amines) is 1. The highest BCUT2D eigenvalue weighted by Gasteiger charge is 2.28. The molecule has 1 aliphatic heterocycles. The molecule has 0 spiro atoms. The van der Waals surface area contributed by atoms with Gasteiger partial charge in [-0.25, -0.2) is 4.98 Å². The molecule has 0 saturated carbocycles. The van der Waals surface area contributed by atoms with Crippen LogP contribution in [0, 0.1) is 0 Å². The number of H-pyrrole nitrogens is 1. The number of hydrogen-bond donors (Lipinski definition) is 1. The molecule has 5 nitrogen and oxygen atoms in total. The van der Waals surface area contributed by atoms with Crippen molar-refractivity contribution in [1.82, 2.24) is 19.4 Å². The average Bonchev–Trinajstić information content (AvgIpc) is 3.16. The predicted molar refractivity (Wildman–Crippen MR) is 95.2 cm³/mol. The fourth-order valence-electron chi connectivity index (χ4n) is 3.60. The molecule has 0 radical (unpaired) electrons. The number of aromatic nitrogens is 3. The van der Waals surface area contributed by atoms with Crippen molar-refractivity contribution in [2.45, 2.75) is 25.4 Å². The first-order chi connectivity index (χ1) is 11.6. The fourth-order valence-corrected chi connectivity index (χ4v) is 3.77. The molecule has 24 heavy (non-hydrogen) atoms. The van der Waals surface area contributed by atoms with Crippen molar-refractivity contribution in [3.05, 3.63) is 63.4 Å². The van der Waals surface area contributed by atoms with Crippen molar-refractivity contribution in [3.63, 3.8) is 0 Å². The molecular weight excluding hydrogens is 324 g/mol. The number of aromatic amines is 1. The quantitative estimate of drug-likeness (QED) is 0.795. The van der Waals surface area contributed by atoms with Crippen molar-refractivity contribution in [2.75, 3.05) is 6.54 Å². The second-order valence-electron chi connectivity index (χ2n) is 6.35. The Labute approximate surface area is 144 Å². The lowest BCUT2D eigenvalue weighted by atomic mass is 10.1. The molecule has 1 fully saturated rings. The van der Waals surface area contributed by atoms with E-state index in [0.717, 1.165) is 19.4 Å². The van der Waals surface area contributed by atoms with Crippen LogP contribution in [0.25, 0.3) is 10.9 Å². The predicted octanol–water partition coefficient (Wildman–Crippen LogP) is 3.25. The topological polar surface area (TPSA) is 53.9 Å². The Hall–Kier alpha value is -2.11. The van der Waals surface area contributed by atoms with E-state index in [9.17, 15) is 4.79 Å². The van der Waals surface area contributed by atoms with Crippen LogP contribution in [0.3, 0.4) is 0 Å². The summed E-state index contributed by atoms with van der Waals surface area (Å²) in [6.07, 6.45) is 4.36. The molecule has 1 N–H and O–H groups in total. The molecular formula is C18H19ClN4O. The second kappa shape index (κ2) is 6.07. The van der Waals surface area contributed by atoms with Gasteiger partial charge in [0.25, 0.3) is 5.56 Å². The standard InChI is InChI=1S/C18H19ClN4O/c1-22-8-2-4-15(22)16-5-3-9-23(16)11-17-20-14-7-6-12(19)10-13(14)18(24)21-17/h2,4,6-8,10,16H,3,5,9,11H2,1H3,(H,20,21,24)/t16-/m0/s1. The van der Waals surface area contributed by atoms with E-state index in [2.05, 4.69) is 44.8 Å². The zero-order valence-electron chi connectivity index (χ0n) is 13.5. The van der Waals surface area contributed by atoms with E-state index in [1.165, 1.54) is 5.69 Å². The molecule has 124 valence electrons. The number of rotatable bonds is 3. The number of aryl methyl sites for hydroxylation is 1. The van der Waals surface area contributed by atoms with E-state index in [1.807, 2.05) is 0 Å². The van der Waals surface area contributed by atoms with Gasteiger partial charge in [0.05, 0.1) is 23.5 Å². The number of nitrogens with zero attached hydrogens (tertiary/aromatic N) is 3. The molecule has 1 atom stereocenters. The molecule has 6 heteroatoms. The number of fused-ring (bicyclic) bond motifs is 1. The summed E-state index contributed by atoms with van der Waals surface area (Å²) in [4.78, 5) is 22.2. The fraction of sp³-hybridized carbons (Fsp3) is 0.333. The molecule has 1 aromatic carbocycles. The summed E-state index contributed by atoms with van der Waals surface area (Å²) in [7, 11) is 2.08. The summed E-state index contributed by atoms with van der Waals surface area (Å²) < 4.78 is 2.17. The van der Waals surface area contributed by atoms with E-state index >= 15 is 0 Å². The molecule has 4 rings (SSSR count). The molecule has 1 aliphatic rings. The molecule has 1 saturated heterocycles. The highest BCUT2D eigenvalue weighted by molar-refractivity contribution is 6.31. The maximum Gasteiger partial charge on any atom is 0.258 e. The van der Waals surface area contributed by atoms with Crippen LogP contribution in [0.4, 0.5) is 0 Å². The third kappa shape index (κ3) is 2.74. The van der Waals surface area contributed by atoms with Crippen molar-refractivity contribution in [2.24, 2.45) is 7.05 Å². The first-order valence-corrected chi connectivity index (χ1v) is 8.53. The van der Waals surface area contributed by atoms with Crippen LogP contribution in [0.1, 0.15) is 30.4 Å². The summed E-state index contributed by atoms with van der Waals surface area (Å²) in [5, 5.41) is 1.08. The molecule has 2 aromatic heterocycles. The molecule has 0 bridgehead atoms. The van der Waals surface area contributed by atoms with Gasteiger partial charge in [-0.1, -0.05) is 11.6 Å². The minimum Gasteiger partial charge on any atom is -0.353 e. The van der Waals surface area contributed by atoms with Crippen molar-refractivity contribution in [1.29, 1.82) is 0 Å². The first-order valence-electron chi connectivity index (χ1n) is 8.15. The zero-order valence-corrected chi connectivity index (χ0v) is 14.3. The van der Waals surface area contributed by atoms with Crippen LogP contribution in [-0.4, -0.2) is 26.0 Å². The number of nitrogens with one attached hydrogen (secondary N) is 1. The van der Waals surface area contributed by atoms with Gasteiger partial charge in [-0.2, -0.15) is 0 Å². The molecule has 3 heterocycles. The van der Waals surface area contributed by atoms with E-state index < -0.39 is 0 Å². The van der Waals surface area contributed by atoms with Crippen molar-refractivity contribution >= 4 is 22.5 Å². The van der Waals surface area contributed by atoms with Gasteiger partial charge in [0.15, 0.2) is 0 Å². The average molecular weight is 343 g/mol. The van der Waals surface area contributed by atoms with E-state index in [0.29, 0.717) is 34.3 Å². The van der Waals surface area contributed by atoms with Gasteiger partial charge < -0.3 is 9.55 Å². The van der Waals surface area contributed by atoms with Crippen LogP contribution < -0.4 is 5.56 Å². The van der Waals surface area contributed by atoms with Crippen LogP contribution in [0.5, 0.6) is 0 Å². The molecule has 3 aromatic rings. The highest BCUT2D eigenvalue weighted by atomic mass is 35.5. The van der Waals surface area contributed by atoms with Gasteiger partial charge >= 0.3 is 0 Å². The maximum atomic E-state index is 12.3. The molecule has 0 aliphatic carbocycles.